The average Bonchev–Trinajstić information content (AvgIpc) is 2.55. The van der Waals surface area contributed by atoms with E-state index in [0.29, 0.717) is 24.6 Å². The van der Waals surface area contributed by atoms with Gasteiger partial charge in [0.25, 0.3) is 0 Å². The summed E-state index contributed by atoms with van der Waals surface area (Å²) in [6, 6.07) is -1.95. The van der Waals surface area contributed by atoms with E-state index in [1.807, 2.05) is 19.9 Å². The lowest BCUT2D eigenvalue weighted by Gasteiger charge is -2.23. The fourth-order valence-electron chi connectivity index (χ4n) is 2.85. The zero-order valence-electron chi connectivity index (χ0n) is 15.7. The Hall–Kier alpha value is -2.28. The second kappa shape index (κ2) is 10.7. The van der Waals surface area contributed by atoms with E-state index in [9.17, 15) is 19.8 Å². The Morgan fingerprint density at radius 1 is 1.31 bits per heavy atom. The largest absolute Gasteiger partial charge is 0.480 e. The predicted molar refractivity (Wildman–Crippen MR) is 101 cm³/mol. The lowest BCUT2D eigenvalue weighted by molar-refractivity contribution is -0.142. The van der Waals surface area contributed by atoms with E-state index in [1.165, 1.54) is 6.20 Å². The summed E-state index contributed by atoms with van der Waals surface area (Å²) in [5, 5.41) is 24.7. The molecule has 1 aliphatic carbocycles. The van der Waals surface area contributed by atoms with E-state index < -0.39 is 24.0 Å². The first-order valence-corrected chi connectivity index (χ1v) is 8.96. The van der Waals surface area contributed by atoms with Crippen LogP contribution in [0.3, 0.4) is 0 Å². The maximum absolute atomic E-state index is 11.6. The van der Waals surface area contributed by atoms with Gasteiger partial charge in [-0.3, -0.25) is 14.9 Å². The van der Waals surface area contributed by atoms with Crippen molar-refractivity contribution in [2.45, 2.75) is 52.1 Å². The first-order valence-electron chi connectivity index (χ1n) is 8.96. The molecule has 26 heavy (non-hydrogen) atoms. The topological polar surface area (TPSA) is 125 Å². The molecule has 0 spiro atoms. The van der Waals surface area contributed by atoms with Gasteiger partial charge in [-0.15, -0.1) is 0 Å². The fourth-order valence-corrected chi connectivity index (χ4v) is 2.85. The Morgan fingerprint density at radius 3 is 2.46 bits per heavy atom. The normalized spacial score (nSPS) is 19.8. The molecule has 0 aliphatic heterocycles. The molecule has 0 saturated carbocycles. The van der Waals surface area contributed by atoms with Gasteiger partial charge in [-0.25, -0.2) is 0 Å². The smallest absolute Gasteiger partial charge is 0.321 e. The van der Waals surface area contributed by atoms with Crippen LogP contribution in [0.5, 0.6) is 0 Å². The highest BCUT2D eigenvalue weighted by Gasteiger charge is 2.27. The monoisotopic (exact) mass is 365 g/mol. The van der Waals surface area contributed by atoms with Gasteiger partial charge in [0.2, 0.25) is 0 Å². The molecule has 1 rings (SSSR count). The number of carboxylic acid groups (broad SMARTS) is 2. The van der Waals surface area contributed by atoms with Crippen LogP contribution < -0.4 is 16.4 Å². The van der Waals surface area contributed by atoms with Gasteiger partial charge < -0.3 is 21.3 Å². The Labute approximate surface area is 155 Å². The maximum atomic E-state index is 11.6. The molecular formula is C19H31N3O4. The van der Waals surface area contributed by atoms with Crippen LogP contribution in [0.15, 0.2) is 35.7 Å². The van der Waals surface area contributed by atoms with E-state index in [0.717, 1.165) is 12.0 Å². The van der Waals surface area contributed by atoms with Crippen molar-refractivity contribution >= 4 is 11.9 Å². The number of hydrogen-bond acceptors (Lipinski definition) is 5. The summed E-state index contributed by atoms with van der Waals surface area (Å²) in [5.74, 6) is -1.55. The average molecular weight is 365 g/mol. The molecule has 0 amide bonds. The summed E-state index contributed by atoms with van der Waals surface area (Å²) < 4.78 is 0. The molecule has 1 aliphatic rings. The van der Waals surface area contributed by atoms with Gasteiger partial charge in [-0.2, -0.15) is 0 Å². The lowest BCUT2D eigenvalue weighted by atomic mass is 9.98. The second-order valence-electron chi connectivity index (χ2n) is 7.18. The highest BCUT2D eigenvalue weighted by Crippen LogP contribution is 2.16. The zero-order valence-corrected chi connectivity index (χ0v) is 15.7. The van der Waals surface area contributed by atoms with E-state index in [4.69, 9.17) is 5.73 Å². The van der Waals surface area contributed by atoms with Crippen LogP contribution in [-0.4, -0.2) is 40.8 Å². The SMILES string of the molecule is CC(C)CC(N[C@@H](C/C(=C/N)NCC1=CC(C)CC=C1)C(=O)O)C(=O)O. The highest BCUT2D eigenvalue weighted by atomic mass is 16.4. The number of rotatable bonds is 11. The van der Waals surface area contributed by atoms with Crippen molar-refractivity contribution in [3.63, 3.8) is 0 Å². The summed E-state index contributed by atoms with van der Waals surface area (Å²) in [6.45, 7) is 6.47. The molecule has 0 aromatic rings. The third kappa shape index (κ3) is 7.74. The Morgan fingerprint density at radius 2 is 1.96 bits per heavy atom. The molecule has 0 saturated heterocycles. The summed E-state index contributed by atoms with van der Waals surface area (Å²) >= 11 is 0. The number of aliphatic carboxylic acids is 2. The molecule has 7 nitrogen and oxygen atoms in total. The highest BCUT2D eigenvalue weighted by molar-refractivity contribution is 5.77. The van der Waals surface area contributed by atoms with Gasteiger partial charge in [-0.1, -0.05) is 39.0 Å². The molecule has 0 bridgehead atoms. The van der Waals surface area contributed by atoms with Crippen molar-refractivity contribution in [1.29, 1.82) is 0 Å². The Bertz CT molecular complexity index is 581. The van der Waals surface area contributed by atoms with Gasteiger partial charge in [-0.05, 0) is 30.3 Å². The lowest BCUT2D eigenvalue weighted by Crippen LogP contribution is -2.48. The Balaban J connectivity index is 2.69. The molecule has 3 atom stereocenters. The maximum Gasteiger partial charge on any atom is 0.321 e. The van der Waals surface area contributed by atoms with Gasteiger partial charge in [0.15, 0.2) is 0 Å². The standard InChI is InChI=1S/C19H31N3O4/c1-12(2)7-16(18(23)24)22-17(19(25)26)9-15(10-20)21-11-14-6-4-5-13(3)8-14/h4,6,8,10,12-13,16-17,21-22H,5,7,9,11,20H2,1-3H3,(H,23,24)(H,25,26)/b15-10-/t13?,16?,17-/m0/s1. The minimum atomic E-state index is -1.11. The van der Waals surface area contributed by atoms with Crippen molar-refractivity contribution in [3.05, 3.63) is 35.7 Å². The minimum absolute atomic E-state index is 0.0836. The number of nitrogens with two attached hydrogens (primary N) is 1. The molecule has 0 fully saturated rings. The van der Waals surface area contributed by atoms with Gasteiger partial charge in [0, 0.05) is 24.9 Å². The molecule has 2 unspecified atom stereocenters. The van der Waals surface area contributed by atoms with Crippen LogP contribution in [0, 0.1) is 11.8 Å². The first-order chi connectivity index (χ1) is 12.2. The van der Waals surface area contributed by atoms with E-state index in [2.05, 4.69) is 29.7 Å². The second-order valence-corrected chi connectivity index (χ2v) is 7.18. The number of carboxylic acids is 2. The summed E-state index contributed by atoms with van der Waals surface area (Å²) in [7, 11) is 0. The number of nitrogens with one attached hydrogen (secondary N) is 2. The van der Waals surface area contributed by atoms with Crippen LogP contribution in [0.4, 0.5) is 0 Å². The van der Waals surface area contributed by atoms with Crippen molar-refractivity contribution in [1.82, 2.24) is 10.6 Å². The van der Waals surface area contributed by atoms with Crippen molar-refractivity contribution < 1.29 is 19.8 Å². The first kappa shape index (κ1) is 21.8. The number of allylic oxidation sites excluding steroid dienone is 2. The minimum Gasteiger partial charge on any atom is -0.480 e. The van der Waals surface area contributed by atoms with Crippen LogP contribution in [0.2, 0.25) is 0 Å². The number of carbonyl (C=O) groups is 2. The third-order valence-electron chi connectivity index (χ3n) is 4.19. The fraction of sp³-hybridized carbons (Fsp3) is 0.579. The van der Waals surface area contributed by atoms with Crippen molar-refractivity contribution in [2.24, 2.45) is 17.6 Å². The summed E-state index contributed by atoms with van der Waals surface area (Å²) in [4.78, 5) is 23.0. The molecule has 7 heteroatoms. The van der Waals surface area contributed by atoms with Gasteiger partial charge in [0.1, 0.15) is 12.1 Å². The van der Waals surface area contributed by atoms with Gasteiger partial charge >= 0.3 is 11.9 Å². The van der Waals surface area contributed by atoms with Crippen molar-refractivity contribution in [2.75, 3.05) is 6.54 Å². The van der Waals surface area contributed by atoms with Crippen molar-refractivity contribution in [3.8, 4) is 0 Å². The van der Waals surface area contributed by atoms with Crippen LogP contribution in [-0.2, 0) is 9.59 Å². The predicted octanol–water partition coefficient (Wildman–Crippen LogP) is 1.83. The zero-order chi connectivity index (χ0) is 19.7. The molecule has 0 aromatic carbocycles. The molecule has 0 radical (unpaired) electrons. The molecule has 0 aromatic heterocycles. The van der Waals surface area contributed by atoms with E-state index >= 15 is 0 Å². The quantitative estimate of drug-likeness (QED) is 0.378. The molecule has 6 N–H and O–H groups in total. The van der Waals surface area contributed by atoms with Crippen LogP contribution >= 0.6 is 0 Å². The van der Waals surface area contributed by atoms with Crippen LogP contribution in [0.25, 0.3) is 0 Å². The number of hydrogen-bond donors (Lipinski definition) is 5. The summed E-state index contributed by atoms with van der Waals surface area (Å²) in [6.07, 6.45) is 9.10. The summed E-state index contributed by atoms with van der Waals surface area (Å²) in [5.41, 5.74) is 7.31. The third-order valence-corrected chi connectivity index (χ3v) is 4.19. The van der Waals surface area contributed by atoms with E-state index in [1.54, 1.807) is 0 Å². The molecule has 0 heterocycles. The Kier molecular flexibility index (Phi) is 8.92. The molecular weight excluding hydrogens is 334 g/mol. The van der Waals surface area contributed by atoms with Gasteiger partial charge in [0.05, 0.1) is 0 Å². The van der Waals surface area contributed by atoms with E-state index in [-0.39, 0.29) is 12.3 Å². The molecule has 146 valence electrons. The van der Waals surface area contributed by atoms with Crippen LogP contribution in [0.1, 0.15) is 40.0 Å².